The molecule has 0 aliphatic heterocycles. The second-order valence-corrected chi connectivity index (χ2v) is 4.83. The highest BCUT2D eigenvalue weighted by molar-refractivity contribution is 5.72. The number of esters is 2. The highest BCUT2D eigenvalue weighted by atomic mass is 16.5. The van der Waals surface area contributed by atoms with Crippen LogP contribution in [0.2, 0.25) is 0 Å². The number of terminal acetylenes is 1. The molecular formula is C21H20O4. The Morgan fingerprint density at radius 2 is 1.68 bits per heavy atom. The van der Waals surface area contributed by atoms with E-state index in [2.05, 4.69) is 17.8 Å². The Balaban J connectivity index is 2.09. The molecule has 0 amide bonds. The van der Waals surface area contributed by atoms with Crippen LogP contribution < -0.4 is 0 Å². The fourth-order valence-corrected chi connectivity index (χ4v) is 1.71. The van der Waals surface area contributed by atoms with Gasteiger partial charge in [-0.05, 0) is 18.1 Å². The molecule has 0 radical (unpaired) electrons. The van der Waals surface area contributed by atoms with Crippen LogP contribution in [0.4, 0.5) is 0 Å². The lowest BCUT2D eigenvalue weighted by Crippen LogP contribution is -2.08. The van der Waals surface area contributed by atoms with Crippen molar-refractivity contribution in [1.82, 2.24) is 0 Å². The summed E-state index contributed by atoms with van der Waals surface area (Å²) in [5.74, 6) is 6.95. The third-order valence-corrected chi connectivity index (χ3v) is 2.88. The molecule has 4 heteroatoms. The first-order valence-corrected chi connectivity index (χ1v) is 7.81. The first-order chi connectivity index (χ1) is 12.2. The van der Waals surface area contributed by atoms with Gasteiger partial charge in [-0.2, -0.15) is 0 Å². The highest BCUT2D eigenvalue weighted by Crippen LogP contribution is 2.00. The van der Waals surface area contributed by atoms with Crippen molar-refractivity contribution in [1.29, 1.82) is 0 Å². The third kappa shape index (κ3) is 11.0. The predicted molar refractivity (Wildman–Crippen MR) is 96.2 cm³/mol. The fourth-order valence-electron chi connectivity index (χ4n) is 1.71. The molecule has 1 rings (SSSR count). The summed E-state index contributed by atoms with van der Waals surface area (Å²) in [5, 5.41) is 0. The topological polar surface area (TPSA) is 52.6 Å². The van der Waals surface area contributed by atoms with Gasteiger partial charge in [0.2, 0.25) is 0 Å². The minimum atomic E-state index is -0.344. The van der Waals surface area contributed by atoms with E-state index in [0.29, 0.717) is 6.42 Å². The predicted octanol–water partition coefficient (Wildman–Crippen LogP) is 2.84. The minimum Gasteiger partial charge on any atom is -0.452 e. The number of carbonyl (C=O) groups is 2. The summed E-state index contributed by atoms with van der Waals surface area (Å²) in [6.07, 6.45) is 13.0. The lowest BCUT2D eigenvalue weighted by atomic mass is 10.2. The van der Waals surface area contributed by atoms with Crippen molar-refractivity contribution in [2.45, 2.75) is 19.3 Å². The molecular weight excluding hydrogens is 316 g/mol. The smallest absolute Gasteiger partial charge is 0.311 e. The van der Waals surface area contributed by atoms with E-state index in [9.17, 15) is 9.59 Å². The van der Waals surface area contributed by atoms with Gasteiger partial charge in [0.25, 0.3) is 0 Å². The molecule has 0 aliphatic carbocycles. The summed E-state index contributed by atoms with van der Waals surface area (Å²) in [5.41, 5.74) is 0.887. The Labute approximate surface area is 148 Å². The molecule has 0 aliphatic rings. The highest BCUT2D eigenvalue weighted by Gasteiger charge is 2.02. The number of hydrogen-bond donors (Lipinski definition) is 0. The van der Waals surface area contributed by atoms with Gasteiger partial charge in [0, 0.05) is 6.42 Å². The van der Waals surface area contributed by atoms with Gasteiger partial charge in [0.15, 0.2) is 13.2 Å². The molecule has 0 heterocycles. The van der Waals surface area contributed by atoms with Crippen molar-refractivity contribution in [3.05, 3.63) is 60.2 Å². The summed E-state index contributed by atoms with van der Waals surface area (Å²) in [6.45, 7) is -0.0384. The molecule has 128 valence electrons. The molecule has 0 fully saturated rings. The monoisotopic (exact) mass is 336 g/mol. The van der Waals surface area contributed by atoms with Crippen LogP contribution in [0, 0.1) is 24.2 Å². The standard InChI is InChI=1S/C21H20O4/c1-2-3-4-5-6-10-15-20(22)24-16-11-12-17-25-21(23)18-19-13-8-7-9-14-19/h1,3-9,13-14H,10,15-18H2/b4-3-,6-5-. The first-order valence-electron chi connectivity index (χ1n) is 7.81. The van der Waals surface area contributed by atoms with Crippen molar-refractivity contribution in [3.63, 3.8) is 0 Å². The average molecular weight is 336 g/mol. The maximum absolute atomic E-state index is 11.6. The first kappa shape index (κ1) is 19.8. The summed E-state index contributed by atoms with van der Waals surface area (Å²) < 4.78 is 9.92. The molecule has 1 aromatic rings. The van der Waals surface area contributed by atoms with E-state index in [0.717, 1.165) is 5.56 Å². The Morgan fingerprint density at radius 3 is 2.36 bits per heavy atom. The van der Waals surface area contributed by atoms with Crippen molar-refractivity contribution in [3.8, 4) is 24.2 Å². The number of ether oxygens (including phenoxy) is 2. The summed E-state index contributed by atoms with van der Waals surface area (Å²) in [7, 11) is 0. The van der Waals surface area contributed by atoms with Crippen LogP contribution in [-0.2, 0) is 25.5 Å². The van der Waals surface area contributed by atoms with E-state index < -0.39 is 0 Å². The Kier molecular flexibility index (Phi) is 10.5. The zero-order chi connectivity index (χ0) is 18.2. The normalized spacial score (nSPS) is 10.0. The number of allylic oxidation sites excluding steroid dienone is 4. The Hall–Kier alpha value is -3.24. The molecule has 0 spiro atoms. The quantitative estimate of drug-likeness (QED) is 0.416. The van der Waals surface area contributed by atoms with Crippen LogP contribution in [0.5, 0.6) is 0 Å². The van der Waals surface area contributed by atoms with Gasteiger partial charge >= 0.3 is 11.9 Å². The van der Waals surface area contributed by atoms with Crippen molar-refractivity contribution in [2.75, 3.05) is 13.2 Å². The molecule has 0 atom stereocenters. The largest absolute Gasteiger partial charge is 0.452 e. The van der Waals surface area contributed by atoms with Crippen LogP contribution in [0.25, 0.3) is 0 Å². The second-order valence-electron chi connectivity index (χ2n) is 4.83. The van der Waals surface area contributed by atoms with E-state index >= 15 is 0 Å². The molecule has 0 aromatic heterocycles. The minimum absolute atomic E-state index is 0.0181. The summed E-state index contributed by atoms with van der Waals surface area (Å²) in [6, 6.07) is 9.32. The maximum atomic E-state index is 11.6. The molecule has 25 heavy (non-hydrogen) atoms. The van der Waals surface area contributed by atoms with Crippen LogP contribution in [0.1, 0.15) is 18.4 Å². The van der Waals surface area contributed by atoms with E-state index in [4.69, 9.17) is 15.9 Å². The van der Waals surface area contributed by atoms with Gasteiger partial charge in [-0.1, -0.05) is 66.3 Å². The van der Waals surface area contributed by atoms with Gasteiger partial charge in [-0.3, -0.25) is 9.59 Å². The summed E-state index contributed by atoms with van der Waals surface area (Å²) >= 11 is 0. The lowest BCUT2D eigenvalue weighted by Gasteiger charge is -2.01. The molecule has 0 N–H and O–H groups in total. The molecule has 0 saturated heterocycles. The van der Waals surface area contributed by atoms with Gasteiger partial charge in [-0.25, -0.2) is 0 Å². The van der Waals surface area contributed by atoms with Crippen LogP contribution in [-0.4, -0.2) is 25.2 Å². The fraction of sp³-hybridized carbons (Fsp3) is 0.238. The van der Waals surface area contributed by atoms with Crippen LogP contribution in [0.15, 0.2) is 54.6 Å². The van der Waals surface area contributed by atoms with Gasteiger partial charge in [0.1, 0.15) is 0 Å². The average Bonchev–Trinajstić information content (AvgIpc) is 2.62. The number of carbonyl (C=O) groups excluding carboxylic acids is 2. The van der Waals surface area contributed by atoms with Crippen molar-refractivity contribution >= 4 is 11.9 Å². The van der Waals surface area contributed by atoms with Crippen LogP contribution in [0.3, 0.4) is 0 Å². The SMILES string of the molecule is C#C/C=C\C=C/CCC(=O)OCC#CCOC(=O)Cc1ccccc1. The van der Waals surface area contributed by atoms with E-state index in [1.165, 1.54) is 0 Å². The summed E-state index contributed by atoms with van der Waals surface area (Å²) in [4.78, 5) is 23.0. The lowest BCUT2D eigenvalue weighted by molar-refractivity contribution is -0.142. The molecule has 1 aromatic carbocycles. The molecule has 4 nitrogen and oxygen atoms in total. The second kappa shape index (κ2) is 13.2. The van der Waals surface area contributed by atoms with Gasteiger partial charge in [0.05, 0.1) is 6.42 Å². The zero-order valence-corrected chi connectivity index (χ0v) is 13.9. The third-order valence-electron chi connectivity index (χ3n) is 2.88. The Bertz CT molecular complexity index is 697. The maximum Gasteiger partial charge on any atom is 0.311 e. The Morgan fingerprint density at radius 1 is 1.00 bits per heavy atom. The number of benzene rings is 1. The van der Waals surface area contributed by atoms with E-state index in [1.807, 2.05) is 36.4 Å². The van der Waals surface area contributed by atoms with Crippen molar-refractivity contribution in [2.24, 2.45) is 0 Å². The van der Waals surface area contributed by atoms with Gasteiger partial charge < -0.3 is 9.47 Å². The molecule has 0 unspecified atom stereocenters. The van der Waals surface area contributed by atoms with Crippen molar-refractivity contribution < 1.29 is 19.1 Å². The van der Waals surface area contributed by atoms with Crippen LogP contribution >= 0.6 is 0 Å². The number of rotatable bonds is 8. The number of hydrogen-bond acceptors (Lipinski definition) is 4. The molecule has 0 bridgehead atoms. The van der Waals surface area contributed by atoms with E-state index in [-0.39, 0.29) is 38.0 Å². The van der Waals surface area contributed by atoms with E-state index in [1.54, 1.807) is 18.2 Å². The van der Waals surface area contributed by atoms with Gasteiger partial charge in [-0.15, -0.1) is 6.42 Å². The molecule has 0 saturated carbocycles. The zero-order valence-electron chi connectivity index (χ0n) is 13.9.